The van der Waals surface area contributed by atoms with Gasteiger partial charge in [-0.25, -0.2) is 0 Å². The van der Waals surface area contributed by atoms with E-state index in [1.807, 2.05) is 13.8 Å². The number of aromatic nitrogens is 1. The van der Waals surface area contributed by atoms with E-state index in [0.717, 1.165) is 16.7 Å². The highest BCUT2D eigenvalue weighted by Crippen LogP contribution is 2.41. The molecule has 7 nitrogen and oxygen atoms in total. The van der Waals surface area contributed by atoms with Crippen LogP contribution in [0.1, 0.15) is 33.9 Å². The number of nitrogens with zero attached hydrogens (tertiary/aromatic N) is 2. The lowest BCUT2D eigenvalue weighted by atomic mass is 9.93. The SMILES string of the molecule is COc1ccc(C2/C(=C(\O)c3cc(C)c(OC)cc3C)C(=O)C(=O)N2Cc2ccncc2)cc1. The number of rotatable bonds is 6. The summed E-state index contributed by atoms with van der Waals surface area (Å²) in [6.07, 6.45) is 3.27. The fraction of sp³-hybridized carbons (Fsp3) is 0.222. The van der Waals surface area contributed by atoms with Crippen LogP contribution in [0.2, 0.25) is 0 Å². The molecule has 2 heterocycles. The Hall–Kier alpha value is -4.13. The highest BCUT2D eigenvalue weighted by Gasteiger charge is 2.46. The van der Waals surface area contributed by atoms with E-state index in [0.29, 0.717) is 22.6 Å². The lowest BCUT2D eigenvalue weighted by Crippen LogP contribution is -2.29. The third kappa shape index (κ3) is 4.12. The van der Waals surface area contributed by atoms with Crippen molar-refractivity contribution in [3.8, 4) is 11.5 Å². The van der Waals surface area contributed by atoms with Crippen LogP contribution >= 0.6 is 0 Å². The second-order valence-corrected chi connectivity index (χ2v) is 8.19. The van der Waals surface area contributed by atoms with Crippen molar-refractivity contribution in [2.75, 3.05) is 14.2 Å². The van der Waals surface area contributed by atoms with E-state index >= 15 is 0 Å². The number of methoxy groups -OCH3 is 2. The van der Waals surface area contributed by atoms with Gasteiger partial charge in [0.2, 0.25) is 0 Å². The minimum atomic E-state index is -0.763. The summed E-state index contributed by atoms with van der Waals surface area (Å²) >= 11 is 0. The van der Waals surface area contributed by atoms with Crippen LogP contribution in [0.3, 0.4) is 0 Å². The highest BCUT2D eigenvalue weighted by atomic mass is 16.5. The van der Waals surface area contributed by atoms with Crippen LogP contribution < -0.4 is 9.47 Å². The molecule has 1 saturated heterocycles. The molecular weight excluding hydrogens is 432 g/mol. The van der Waals surface area contributed by atoms with Crippen molar-refractivity contribution in [3.63, 3.8) is 0 Å². The molecule has 1 aromatic heterocycles. The van der Waals surface area contributed by atoms with Gasteiger partial charge < -0.3 is 19.5 Å². The number of carbonyl (C=O) groups excluding carboxylic acids is 2. The van der Waals surface area contributed by atoms with Crippen LogP contribution in [0.4, 0.5) is 0 Å². The Morgan fingerprint density at radius 3 is 2.26 bits per heavy atom. The molecule has 1 aliphatic rings. The van der Waals surface area contributed by atoms with Gasteiger partial charge in [0.25, 0.3) is 11.7 Å². The van der Waals surface area contributed by atoms with Gasteiger partial charge in [0.1, 0.15) is 17.3 Å². The first-order chi connectivity index (χ1) is 16.3. The Morgan fingerprint density at radius 2 is 1.65 bits per heavy atom. The summed E-state index contributed by atoms with van der Waals surface area (Å²) in [5.74, 6) is -0.266. The molecule has 2 aromatic carbocycles. The number of carbonyl (C=O) groups is 2. The predicted molar refractivity (Wildman–Crippen MR) is 128 cm³/mol. The highest BCUT2D eigenvalue weighted by molar-refractivity contribution is 6.46. The molecule has 0 bridgehead atoms. The third-order valence-electron chi connectivity index (χ3n) is 6.07. The minimum absolute atomic E-state index is 0.0527. The van der Waals surface area contributed by atoms with Gasteiger partial charge in [0.05, 0.1) is 25.8 Å². The molecule has 174 valence electrons. The molecule has 4 rings (SSSR count). The van der Waals surface area contributed by atoms with Crippen LogP contribution in [-0.4, -0.2) is 40.9 Å². The van der Waals surface area contributed by atoms with Crippen molar-refractivity contribution in [1.29, 1.82) is 0 Å². The molecule has 1 fully saturated rings. The fourth-order valence-electron chi connectivity index (χ4n) is 4.27. The van der Waals surface area contributed by atoms with E-state index in [9.17, 15) is 14.7 Å². The predicted octanol–water partition coefficient (Wildman–Crippen LogP) is 4.34. The quantitative estimate of drug-likeness (QED) is 0.336. The second-order valence-electron chi connectivity index (χ2n) is 8.19. The average Bonchev–Trinajstić information content (AvgIpc) is 3.10. The summed E-state index contributed by atoms with van der Waals surface area (Å²) < 4.78 is 10.6. The molecule has 0 aliphatic carbocycles. The smallest absolute Gasteiger partial charge is 0.295 e. The zero-order chi connectivity index (χ0) is 24.4. The molecule has 0 saturated carbocycles. The number of hydrogen-bond donors (Lipinski definition) is 1. The summed E-state index contributed by atoms with van der Waals surface area (Å²) in [5, 5.41) is 11.4. The minimum Gasteiger partial charge on any atom is -0.507 e. The molecule has 7 heteroatoms. The van der Waals surface area contributed by atoms with Gasteiger partial charge in [-0.1, -0.05) is 12.1 Å². The topological polar surface area (TPSA) is 89.0 Å². The number of aryl methyl sites for hydroxylation is 2. The maximum Gasteiger partial charge on any atom is 0.295 e. The number of benzene rings is 2. The summed E-state index contributed by atoms with van der Waals surface area (Å²) in [4.78, 5) is 32.0. The number of ketones is 1. The normalized spacial score (nSPS) is 17.2. The summed E-state index contributed by atoms with van der Waals surface area (Å²) in [7, 11) is 3.15. The van der Waals surface area contributed by atoms with E-state index in [1.54, 1.807) is 75.1 Å². The number of amides is 1. The molecule has 1 amide bonds. The maximum absolute atomic E-state index is 13.3. The monoisotopic (exact) mass is 458 g/mol. The van der Waals surface area contributed by atoms with Gasteiger partial charge in [-0.3, -0.25) is 14.6 Å². The van der Waals surface area contributed by atoms with Crippen LogP contribution in [0.15, 0.2) is 66.5 Å². The van der Waals surface area contributed by atoms with Crippen LogP contribution in [0.25, 0.3) is 5.76 Å². The fourth-order valence-corrected chi connectivity index (χ4v) is 4.27. The Bertz CT molecular complexity index is 1270. The number of Topliss-reactive ketones (excluding diaryl/α,β-unsaturated/α-hetero) is 1. The number of aliphatic hydroxyl groups excluding tert-OH is 1. The van der Waals surface area contributed by atoms with Gasteiger partial charge >= 0.3 is 0 Å². The third-order valence-corrected chi connectivity index (χ3v) is 6.07. The second kappa shape index (κ2) is 9.39. The average molecular weight is 459 g/mol. The Labute approximate surface area is 198 Å². The van der Waals surface area contributed by atoms with Crippen LogP contribution in [0.5, 0.6) is 11.5 Å². The molecule has 1 unspecified atom stereocenters. The molecule has 1 N–H and O–H groups in total. The first-order valence-corrected chi connectivity index (χ1v) is 10.8. The van der Waals surface area contributed by atoms with E-state index in [4.69, 9.17) is 9.47 Å². The van der Waals surface area contributed by atoms with E-state index < -0.39 is 17.7 Å². The van der Waals surface area contributed by atoms with Crippen molar-refractivity contribution in [1.82, 2.24) is 9.88 Å². The van der Waals surface area contributed by atoms with Gasteiger partial charge in [-0.2, -0.15) is 0 Å². The van der Waals surface area contributed by atoms with Crippen molar-refractivity contribution < 1.29 is 24.2 Å². The number of likely N-dealkylation sites (tertiary alicyclic amines) is 1. The zero-order valence-electron chi connectivity index (χ0n) is 19.5. The van der Waals surface area contributed by atoms with Crippen molar-refractivity contribution in [2.24, 2.45) is 0 Å². The molecular formula is C27H26N2O5. The summed E-state index contributed by atoms with van der Waals surface area (Å²) in [6, 6.07) is 13.5. The largest absolute Gasteiger partial charge is 0.507 e. The summed E-state index contributed by atoms with van der Waals surface area (Å²) in [5.41, 5.74) is 3.59. The molecule has 0 spiro atoms. The Kier molecular flexibility index (Phi) is 6.36. The van der Waals surface area contributed by atoms with Gasteiger partial charge in [0.15, 0.2) is 0 Å². The van der Waals surface area contributed by atoms with Gasteiger partial charge in [-0.15, -0.1) is 0 Å². The standard InChI is InChI=1S/C27H26N2O5/c1-16-14-22(34-4)17(2)13-21(16)25(30)23-24(19-5-7-20(33-3)8-6-19)29(27(32)26(23)31)15-18-9-11-28-12-10-18/h5-14,24,30H,15H2,1-4H3/b25-23+. The Morgan fingerprint density at radius 1 is 0.971 bits per heavy atom. The van der Waals surface area contributed by atoms with Crippen molar-refractivity contribution in [2.45, 2.75) is 26.4 Å². The van der Waals surface area contributed by atoms with Crippen molar-refractivity contribution in [3.05, 3.63) is 94.3 Å². The molecule has 1 aliphatic heterocycles. The van der Waals surface area contributed by atoms with E-state index in [2.05, 4.69) is 4.98 Å². The molecule has 34 heavy (non-hydrogen) atoms. The van der Waals surface area contributed by atoms with Crippen LogP contribution in [0, 0.1) is 13.8 Å². The zero-order valence-corrected chi connectivity index (χ0v) is 19.5. The molecule has 0 radical (unpaired) electrons. The van der Waals surface area contributed by atoms with Gasteiger partial charge in [0, 0.05) is 24.5 Å². The van der Waals surface area contributed by atoms with Crippen LogP contribution in [-0.2, 0) is 16.1 Å². The van der Waals surface area contributed by atoms with Crippen molar-refractivity contribution >= 4 is 17.4 Å². The number of ether oxygens (including phenoxy) is 2. The lowest BCUT2D eigenvalue weighted by Gasteiger charge is -2.25. The molecule has 1 atom stereocenters. The van der Waals surface area contributed by atoms with E-state index in [-0.39, 0.29) is 17.9 Å². The maximum atomic E-state index is 13.3. The number of pyridine rings is 1. The number of aliphatic hydroxyl groups is 1. The number of hydrogen-bond acceptors (Lipinski definition) is 6. The van der Waals surface area contributed by atoms with E-state index in [1.165, 1.54) is 4.90 Å². The lowest BCUT2D eigenvalue weighted by molar-refractivity contribution is -0.140. The first-order valence-electron chi connectivity index (χ1n) is 10.8. The molecule has 3 aromatic rings. The Balaban J connectivity index is 1.89. The summed E-state index contributed by atoms with van der Waals surface area (Å²) in [6.45, 7) is 3.88. The van der Waals surface area contributed by atoms with Gasteiger partial charge in [-0.05, 0) is 72.5 Å². The first kappa shape index (κ1) is 23.0.